The van der Waals surface area contributed by atoms with Crippen molar-refractivity contribution in [2.75, 3.05) is 29.0 Å². The number of nitrogens with zero attached hydrogens (tertiary/aromatic N) is 2. The van der Waals surface area contributed by atoms with Gasteiger partial charge in [-0.15, -0.1) is 0 Å². The molecule has 144 valence electrons. The average molecular weight is 383 g/mol. The second kappa shape index (κ2) is 7.69. The molecule has 0 spiro atoms. The van der Waals surface area contributed by atoms with E-state index in [0.29, 0.717) is 5.69 Å². The van der Waals surface area contributed by atoms with Crippen LogP contribution in [0.2, 0.25) is 0 Å². The zero-order valence-corrected chi connectivity index (χ0v) is 15.8. The Bertz CT molecular complexity index is 769. The molecule has 1 aromatic rings. The Morgan fingerprint density at radius 1 is 1.15 bits per heavy atom. The molecule has 1 N–H and O–H groups in total. The third kappa shape index (κ3) is 4.57. The van der Waals surface area contributed by atoms with Gasteiger partial charge in [-0.3, -0.25) is 14.8 Å². The van der Waals surface area contributed by atoms with E-state index in [4.69, 9.17) is 4.74 Å². The van der Waals surface area contributed by atoms with E-state index in [1.807, 2.05) is 4.90 Å². The van der Waals surface area contributed by atoms with Crippen LogP contribution in [-0.4, -0.2) is 38.8 Å². The van der Waals surface area contributed by atoms with Gasteiger partial charge in [0.25, 0.3) is 5.69 Å². The number of sulfonamides is 1. The largest absolute Gasteiger partial charge is 0.488 e. The van der Waals surface area contributed by atoms with Crippen molar-refractivity contribution in [1.82, 2.24) is 0 Å². The quantitative estimate of drug-likeness (QED) is 0.597. The van der Waals surface area contributed by atoms with Crippen molar-refractivity contribution in [3.05, 3.63) is 22.2 Å². The molecule has 2 aliphatic rings. The molecule has 2 fully saturated rings. The van der Waals surface area contributed by atoms with E-state index in [9.17, 15) is 18.5 Å². The highest BCUT2D eigenvalue weighted by Gasteiger charge is 2.27. The third-order valence-corrected chi connectivity index (χ3v) is 5.45. The first kappa shape index (κ1) is 18.8. The third-order valence-electron chi connectivity index (χ3n) is 4.86. The number of nitro benzene ring substituents is 1. The Balaban J connectivity index is 2.01. The molecule has 1 saturated heterocycles. The summed E-state index contributed by atoms with van der Waals surface area (Å²) in [6.45, 7) is 1.45. The number of nitro groups is 1. The fourth-order valence-corrected chi connectivity index (χ4v) is 4.21. The van der Waals surface area contributed by atoms with E-state index in [0.717, 1.165) is 64.3 Å². The van der Waals surface area contributed by atoms with Gasteiger partial charge in [0, 0.05) is 13.1 Å². The monoisotopic (exact) mass is 383 g/mol. The van der Waals surface area contributed by atoms with E-state index in [-0.39, 0.29) is 23.2 Å². The molecule has 1 aliphatic carbocycles. The fourth-order valence-electron chi connectivity index (χ4n) is 3.65. The van der Waals surface area contributed by atoms with Crippen LogP contribution in [0.1, 0.15) is 44.9 Å². The van der Waals surface area contributed by atoms with Gasteiger partial charge in [0.05, 0.1) is 29.0 Å². The number of anilines is 2. The Kier molecular flexibility index (Phi) is 5.55. The molecule has 0 amide bonds. The summed E-state index contributed by atoms with van der Waals surface area (Å²) in [6, 6.07) is 2.92. The summed E-state index contributed by atoms with van der Waals surface area (Å²) in [5.41, 5.74) is 0.664. The lowest BCUT2D eigenvalue weighted by atomic mass is 9.98. The van der Waals surface area contributed by atoms with E-state index in [2.05, 4.69) is 4.72 Å². The maximum atomic E-state index is 11.8. The topological polar surface area (TPSA) is 102 Å². The molecule has 3 rings (SSSR count). The van der Waals surface area contributed by atoms with E-state index in [1.54, 1.807) is 6.07 Å². The second-order valence-electron chi connectivity index (χ2n) is 7.04. The van der Waals surface area contributed by atoms with Crippen LogP contribution in [0.3, 0.4) is 0 Å². The Morgan fingerprint density at radius 3 is 2.38 bits per heavy atom. The van der Waals surface area contributed by atoms with Gasteiger partial charge in [0.15, 0.2) is 5.75 Å². The molecule has 1 heterocycles. The minimum atomic E-state index is -3.53. The van der Waals surface area contributed by atoms with Crippen molar-refractivity contribution in [2.45, 2.75) is 51.0 Å². The summed E-state index contributed by atoms with van der Waals surface area (Å²) < 4.78 is 32.0. The van der Waals surface area contributed by atoms with E-state index in [1.165, 1.54) is 6.07 Å². The highest BCUT2D eigenvalue weighted by molar-refractivity contribution is 7.92. The molecule has 1 saturated carbocycles. The fraction of sp³-hybridized carbons (Fsp3) is 0.647. The van der Waals surface area contributed by atoms with Gasteiger partial charge in [0.1, 0.15) is 5.69 Å². The molecule has 0 aromatic heterocycles. The molecule has 0 bridgehead atoms. The Labute approximate surface area is 153 Å². The lowest BCUT2D eigenvalue weighted by Crippen LogP contribution is -2.22. The van der Waals surface area contributed by atoms with Crippen LogP contribution in [0, 0.1) is 10.1 Å². The van der Waals surface area contributed by atoms with Gasteiger partial charge in [-0.2, -0.15) is 0 Å². The van der Waals surface area contributed by atoms with Crippen LogP contribution in [-0.2, 0) is 10.0 Å². The molecular formula is C17H25N3O5S. The summed E-state index contributed by atoms with van der Waals surface area (Å²) in [4.78, 5) is 13.1. The maximum absolute atomic E-state index is 11.8. The Hall–Kier alpha value is -2.03. The number of ether oxygens (including phenoxy) is 1. The molecule has 0 unspecified atom stereocenters. The number of hydrogen-bond acceptors (Lipinski definition) is 6. The molecule has 0 atom stereocenters. The lowest BCUT2D eigenvalue weighted by molar-refractivity contribution is -0.384. The predicted molar refractivity (Wildman–Crippen MR) is 101 cm³/mol. The Morgan fingerprint density at radius 2 is 1.81 bits per heavy atom. The van der Waals surface area contributed by atoms with Crippen molar-refractivity contribution in [1.29, 1.82) is 0 Å². The van der Waals surface area contributed by atoms with Crippen molar-refractivity contribution in [3.63, 3.8) is 0 Å². The van der Waals surface area contributed by atoms with E-state index < -0.39 is 14.9 Å². The zero-order valence-electron chi connectivity index (χ0n) is 14.9. The molecule has 26 heavy (non-hydrogen) atoms. The van der Waals surface area contributed by atoms with Crippen LogP contribution in [0.25, 0.3) is 0 Å². The summed E-state index contributed by atoms with van der Waals surface area (Å²) in [7, 11) is -3.53. The molecule has 8 nitrogen and oxygen atoms in total. The smallest absolute Gasteiger partial charge is 0.296 e. The lowest BCUT2D eigenvalue weighted by Gasteiger charge is -2.25. The minimum Gasteiger partial charge on any atom is -0.488 e. The number of rotatable bonds is 6. The van der Waals surface area contributed by atoms with Gasteiger partial charge in [-0.25, -0.2) is 8.42 Å². The predicted octanol–water partition coefficient (Wildman–Crippen LogP) is 3.28. The standard InChI is InChI=1S/C17H25N3O5S/c1-26(23,24)18-14-11-15(19-9-5-6-10-19)16(20(21)22)12-17(14)25-13-7-3-2-4-8-13/h11-13,18H,2-10H2,1H3. The van der Waals surface area contributed by atoms with Crippen molar-refractivity contribution in [2.24, 2.45) is 0 Å². The highest BCUT2D eigenvalue weighted by Crippen LogP contribution is 2.41. The summed E-state index contributed by atoms with van der Waals surface area (Å²) >= 11 is 0. The maximum Gasteiger partial charge on any atom is 0.296 e. The normalized spacial score (nSPS) is 18.7. The van der Waals surface area contributed by atoms with Gasteiger partial charge < -0.3 is 9.64 Å². The first-order valence-corrected chi connectivity index (χ1v) is 10.9. The number of hydrogen-bond donors (Lipinski definition) is 1. The van der Waals surface area contributed by atoms with Gasteiger partial charge in [-0.05, 0) is 44.6 Å². The van der Waals surface area contributed by atoms with Crippen LogP contribution < -0.4 is 14.4 Å². The minimum absolute atomic E-state index is 0.0406. The molecule has 0 radical (unpaired) electrons. The number of benzene rings is 1. The molecule has 9 heteroatoms. The van der Waals surface area contributed by atoms with Gasteiger partial charge >= 0.3 is 0 Å². The van der Waals surface area contributed by atoms with Gasteiger partial charge in [0.2, 0.25) is 10.0 Å². The van der Waals surface area contributed by atoms with Crippen LogP contribution in [0.4, 0.5) is 17.1 Å². The molecule has 1 aromatic carbocycles. The van der Waals surface area contributed by atoms with Gasteiger partial charge in [-0.1, -0.05) is 6.42 Å². The first-order chi connectivity index (χ1) is 12.3. The van der Waals surface area contributed by atoms with Crippen molar-refractivity contribution in [3.8, 4) is 5.75 Å². The first-order valence-electron chi connectivity index (χ1n) is 9.05. The summed E-state index contributed by atoms with van der Waals surface area (Å²) in [5.74, 6) is 0.233. The molecule has 1 aliphatic heterocycles. The van der Waals surface area contributed by atoms with E-state index >= 15 is 0 Å². The molecular weight excluding hydrogens is 358 g/mol. The van der Waals surface area contributed by atoms with Crippen LogP contribution in [0.5, 0.6) is 5.75 Å². The van der Waals surface area contributed by atoms with Crippen LogP contribution >= 0.6 is 0 Å². The van der Waals surface area contributed by atoms with Crippen LogP contribution in [0.15, 0.2) is 12.1 Å². The van der Waals surface area contributed by atoms with Crippen molar-refractivity contribution >= 4 is 27.1 Å². The second-order valence-corrected chi connectivity index (χ2v) is 8.79. The van der Waals surface area contributed by atoms with Crippen molar-refractivity contribution < 1.29 is 18.1 Å². The highest BCUT2D eigenvalue weighted by atomic mass is 32.2. The zero-order chi connectivity index (χ0) is 18.7. The summed E-state index contributed by atoms with van der Waals surface area (Å²) in [5, 5.41) is 11.6. The average Bonchev–Trinajstić information content (AvgIpc) is 3.10. The SMILES string of the molecule is CS(=O)(=O)Nc1cc(N2CCCC2)c([N+](=O)[O-])cc1OC1CCCCC1. The summed E-state index contributed by atoms with van der Waals surface area (Å²) in [6.07, 6.45) is 7.96. The number of nitrogens with one attached hydrogen (secondary N) is 1.